The summed E-state index contributed by atoms with van der Waals surface area (Å²) in [6.45, 7) is 0. The van der Waals surface area contributed by atoms with Crippen molar-refractivity contribution in [2.24, 2.45) is 0 Å². The van der Waals surface area contributed by atoms with Crippen molar-refractivity contribution in [2.45, 2.75) is 6.17 Å². The van der Waals surface area contributed by atoms with E-state index in [1.807, 2.05) is 42.5 Å². The third-order valence-corrected chi connectivity index (χ3v) is 4.16. The smallest absolute Gasteiger partial charge is 0.262 e. The summed E-state index contributed by atoms with van der Waals surface area (Å²) in [7, 11) is 0. The highest BCUT2D eigenvalue weighted by atomic mass is 16.2. The maximum absolute atomic E-state index is 12.9. The topological polar surface area (TPSA) is 69.0 Å². The van der Waals surface area contributed by atoms with Gasteiger partial charge in [0, 0.05) is 17.6 Å². The first kappa shape index (κ1) is 14.9. The molecule has 0 aliphatic carbocycles. The van der Waals surface area contributed by atoms with Gasteiger partial charge in [-0.2, -0.15) is 5.26 Å². The Kier molecular flexibility index (Phi) is 3.64. The molecule has 4 rings (SSSR count). The summed E-state index contributed by atoms with van der Waals surface area (Å²) in [6, 6.07) is 22.3. The number of hydrogen-bond donors (Lipinski definition) is 1. The van der Waals surface area contributed by atoms with E-state index in [9.17, 15) is 4.79 Å². The van der Waals surface area contributed by atoms with Crippen molar-refractivity contribution in [2.75, 3.05) is 10.2 Å². The Morgan fingerprint density at radius 1 is 1.00 bits per heavy atom. The van der Waals surface area contributed by atoms with Gasteiger partial charge in [-0.3, -0.25) is 14.7 Å². The van der Waals surface area contributed by atoms with Crippen molar-refractivity contribution >= 4 is 17.3 Å². The number of carbonyl (C=O) groups is 1. The van der Waals surface area contributed by atoms with Gasteiger partial charge in [-0.1, -0.05) is 18.2 Å². The number of rotatable bonds is 3. The number of para-hydroxylation sites is 1. The van der Waals surface area contributed by atoms with E-state index in [0.717, 1.165) is 11.4 Å². The van der Waals surface area contributed by atoms with Gasteiger partial charge in [-0.05, 0) is 48.5 Å². The van der Waals surface area contributed by atoms with Gasteiger partial charge in [0.15, 0.2) is 6.17 Å². The van der Waals surface area contributed by atoms with Gasteiger partial charge in [0.25, 0.3) is 5.91 Å². The van der Waals surface area contributed by atoms with Gasteiger partial charge in [-0.25, -0.2) is 0 Å². The first-order chi connectivity index (χ1) is 12.3. The maximum Gasteiger partial charge on any atom is 0.262 e. The van der Waals surface area contributed by atoms with Crippen LogP contribution in [-0.4, -0.2) is 10.9 Å². The van der Waals surface area contributed by atoms with Gasteiger partial charge in [0.1, 0.15) is 0 Å². The number of nitriles is 1. The SMILES string of the molecule is N#Cc1ccc(N[C@@H]2c3ncccc3C(=O)N2c2ccccc2)cc1. The molecule has 5 nitrogen and oxygen atoms in total. The van der Waals surface area contributed by atoms with Crippen LogP contribution in [0, 0.1) is 11.3 Å². The van der Waals surface area contributed by atoms with E-state index in [1.165, 1.54) is 0 Å². The standard InChI is InChI=1S/C20H14N4O/c21-13-14-8-10-15(11-9-14)23-19-18-17(7-4-12-22-18)20(25)24(19)16-5-2-1-3-6-16/h1-12,19,23H/t19-/m0/s1. The summed E-state index contributed by atoms with van der Waals surface area (Å²) in [5, 5.41) is 12.3. The molecule has 5 heteroatoms. The number of pyridine rings is 1. The Balaban J connectivity index is 1.75. The number of aromatic nitrogens is 1. The monoisotopic (exact) mass is 326 g/mol. The predicted octanol–water partition coefficient (Wildman–Crippen LogP) is 3.72. The fraction of sp³-hybridized carbons (Fsp3) is 0.0500. The van der Waals surface area contributed by atoms with E-state index < -0.39 is 6.17 Å². The van der Waals surface area contributed by atoms with E-state index in [1.54, 1.807) is 35.4 Å². The van der Waals surface area contributed by atoms with E-state index in [0.29, 0.717) is 16.8 Å². The number of hydrogen-bond acceptors (Lipinski definition) is 4. The molecule has 1 aliphatic heterocycles. The van der Waals surface area contributed by atoms with Gasteiger partial charge < -0.3 is 5.32 Å². The van der Waals surface area contributed by atoms with Crippen LogP contribution in [0.2, 0.25) is 0 Å². The molecule has 2 heterocycles. The summed E-state index contributed by atoms with van der Waals surface area (Å²) in [6.07, 6.45) is 1.28. The molecule has 2 aromatic carbocycles. The van der Waals surface area contributed by atoms with Crippen molar-refractivity contribution < 1.29 is 4.79 Å². The molecule has 25 heavy (non-hydrogen) atoms. The molecule has 0 saturated heterocycles. The van der Waals surface area contributed by atoms with Crippen LogP contribution in [0.4, 0.5) is 11.4 Å². The fourth-order valence-corrected chi connectivity index (χ4v) is 2.97. The van der Waals surface area contributed by atoms with Gasteiger partial charge in [-0.15, -0.1) is 0 Å². The minimum absolute atomic E-state index is 0.0829. The summed E-state index contributed by atoms with van der Waals surface area (Å²) in [5.41, 5.74) is 3.50. The number of fused-ring (bicyclic) bond motifs is 1. The molecule has 0 fully saturated rings. The number of benzene rings is 2. The average molecular weight is 326 g/mol. The van der Waals surface area contributed by atoms with Crippen LogP contribution >= 0.6 is 0 Å². The molecular formula is C20H14N4O. The minimum atomic E-state index is -0.404. The second-order valence-electron chi connectivity index (χ2n) is 5.68. The van der Waals surface area contributed by atoms with Crippen LogP contribution < -0.4 is 10.2 Å². The Labute approximate surface area is 145 Å². The molecule has 1 N–H and O–H groups in total. The van der Waals surface area contributed by atoms with E-state index in [2.05, 4.69) is 16.4 Å². The predicted molar refractivity (Wildman–Crippen MR) is 95.0 cm³/mol. The van der Waals surface area contributed by atoms with E-state index in [-0.39, 0.29) is 5.91 Å². The molecular weight excluding hydrogens is 312 g/mol. The highest BCUT2D eigenvalue weighted by Crippen LogP contribution is 2.36. The highest BCUT2D eigenvalue weighted by Gasteiger charge is 2.38. The number of nitrogens with one attached hydrogen (secondary N) is 1. The van der Waals surface area contributed by atoms with Gasteiger partial charge in [0.05, 0.1) is 22.9 Å². The van der Waals surface area contributed by atoms with Crippen LogP contribution in [-0.2, 0) is 0 Å². The van der Waals surface area contributed by atoms with Crippen LogP contribution in [0.25, 0.3) is 0 Å². The molecule has 0 radical (unpaired) electrons. The van der Waals surface area contributed by atoms with Crippen molar-refractivity contribution in [1.82, 2.24) is 4.98 Å². The largest absolute Gasteiger partial charge is 0.360 e. The highest BCUT2D eigenvalue weighted by molar-refractivity contribution is 6.11. The number of nitrogens with zero attached hydrogens (tertiary/aromatic N) is 3. The second kappa shape index (κ2) is 6.10. The molecule has 1 aliphatic rings. The summed E-state index contributed by atoms with van der Waals surface area (Å²) in [5.74, 6) is -0.0829. The minimum Gasteiger partial charge on any atom is -0.360 e. The van der Waals surface area contributed by atoms with Crippen LogP contribution in [0.5, 0.6) is 0 Å². The molecule has 1 atom stereocenters. The molecule has 3 aromatic rings. The van der Waals surface area contributed by atoms with Gasteiger partial charge >= 0.3 is 0 Å². The zero-order valence-corrected chi connectivity index (χ0v) is 13.3. The quantitative estimate of drug-likeness (QED) is 0.796. The lowest BCUT2D eigenvalue weighted by atomic mass is 10.2. The molecule has 0 saturated carbocycles. The lowest BCUT2D eigenvalue weighted by Gasteiger charge is -2.26. The Bertz CT molecular complexity index is 961. The van der Waals surface area contributed by atoms with E-state index in [4.69, 9.17) is 5.26 Å². The Morgan fingerprint density at radius 2 is 1.76 bits per heavy atom. The molecule has 1 aromatic heterocycles. The first-order valence-corrected chi connectivity index (χ1v) is 7.88. The third-order valence-electron chi connectivity index (χ3n) is 4.16. The summed E-state index contributed by atoms with van der Waals surface area (Å²) < 4.78 is 0. The average Bonchev–Trinajstić information content (AvgIpc) is 2.95. The van der Waals surface area contributed by atoms with Crippen LogP contribution in [0.15, 0.2) is 72.9 Å². The number of anilines is 2. The Hall–Kier alpha value is -3.65. The zero-order valence-electron chi connectivity index (χ0n) is 13.3. The second-order valence-corrected chi connectivity index (χ2v) is 5.68. The summed E-state index contributed by atoms with van der Waals surface area (Å²) >= 11 is 0. The number of carbonyl (C=O) groups excluding carboxylic acids is 1. The van der Waals surface area contributed by atoms with Crippen molar-refractivity contribution in [3.8, 4) is 6.07 Å². The molecule has 1 amide bonds. The van der Waals surface area contributed by atoms with Crippen molar-refractivity contribution in [1.29, 1.82) is 5.26 Å². The molecule has 0 unspecified atom stereocenters. The molecule has 120 valence electrons. The fourth-order valence-electron chi connectivity index (χ4n) is 2.97. The zero-order chi connectivity index (χ0) is 17.2. The lowest BCUT2D eigenvalue weighted by molar-refractivity contribution is 0.0993. The first-order valence-electron chi connectivity index (χ1n) is 7.88. The Morgan fingerprint density at radius 3 is 2.48 bits per heavy atom. The lowest BCUT2D eigenvalue weighted by Crippen LogP contribution is -2.32. The van der Waals surface area contributed by atoms with Crippen LogP contribution in [0.1, 0.15) is 27.8 Å². The maximum atomic E-state index is 12.9. The third kappa shape index (κ3) is 2.60. The van der Waals surface area contributed by atoms with Gasteiger partial charge in [0.2, 0.25) is 0 Å². The summed E-state index contributed by atoms with van der Waals surface area (Å²) in [4.78, 5) is 19.0. The molecule has 0 bridgehead atoms. The number of amides is 1. The van der Waals surface area contributed by atoms with E-state index >= 15 is 0 Å². The normalized spacial score (nSPS) is 15.6. The van der Waals surface area contributed by atoms with Crippen LogP contribution in [0.3, 0.4) is 0 Å². The molecule has 0 spiro atoms. The van der Waals surface area contributed by atoms with Crippen molar-refractivity contribution in [3.63, 3.8) is 0 Å². The van der Waals surface area contributed by atoms with Crippen molar-refractivity contribution in [3.05, 3.63) is 89.7 Å².